The maximum Gasteiger partial charge on any atom is 0.274 e. The summed E-state index contributed by atoms with van der Waals surface area (Å²) in [6, 6.07) is 2.17. The number of carbonyl (C=O) groups is 2. The molecule has 1 atom stereocenters. The summed E-state index contributed by atoms with van der Waals surface area (Å²) >= 11 is 0. The van der Waals surface area contributed by atoms with Crippen molar-refractivity contribution in [2.45, 2.75) is 45.2 Å². The number of hydrogen-bond donors (Lipinski definition) is 1. The number of rotatable bonds is 5. The first-order valence-electron chi connectivity index (χ1n) is 7.77. The van der Waals surface area contributed by atoms with E-state index in [0.717, 1.165) is 32.4 Å². The van der Waals surface area contributed by atoms with Crippen LogP contribution in [0.1, 0.15) is 43.1 Å². The maximum atomic E-state index is 12.3. The highest BCUT2D eigenvalue weighted by Gasteiger charge is 2.30. The van der Waals surface area contributed by atoms with E-state index in [1.165, 1.54) is 0 Å². The van der Waals surface area contributed by atoms with E-state index in [0.29, 0.717) is 24.7 Å². The highest BCUT2D eigenvalue weighted by molar-refractivity contribution is 5.92. The molecule has 6 nitrogen and oxygen atoms in total. The Morgan fingerprint density at radius 3 is 2.86 bits per heavy atom. The van der Waals surface area contributed by atoms with Crippen LogP contribution in [0.2, 0.25) is 0 Å². The second-order valence-electron chi connectivity index (χ2n) is 6.01. The van der Waals surface area contributed by atoms with Crippen LogP contribution in [-0.2, 0) is 11.3 Å². The van der Waals surface area contributed by atoms with Crippen LogP contribution in [0.5, 0.6) is 0 Å². The van der Waals surface area contributed by atoms with Gasteiger partial charge in [0.2, 0.25) is 5.91 Å². The second-order valence-corrected chi connectivity index (χ2v) is 6.01. The molecule has 0 aromatic carbocycles. The van der Waals surface area contributed by atoms with Gasteiger partial charge in [0.1, 0.15) is 5.69 Å². The van der Waals surface area contributed by atoms with Gasteiger partial charge in [0, 0.05) is 38.3 Å². The summed E-state index contributed by atoms with van der Waals surface area (Å²) < 4.78 is 1.75. The third-order valence-corrected chi connectivity index (χ3v) is 4.17. The molecule has 0 spiro atoms. The molecule has 1 unspecified atom stereocenters. The van der Waals surface area contributed by atoms with Crippen molar-refractivity contribution in [3.05, 3.63) is 18.0 Å². The van der Waals surface area contributed by atoms with Crippen LogP contribution in [-0.4, -0.2) is 45.6 Å². The van der Waals surface area contributed by atoms with Crippen molar-refractivity contribution in [2.24, 2.45) is 5.92 Å². The number of nitrogens with zero attached hydrogens (tertiary/aromatic N) is 3. The van der Waals surface area contributed by atoms with Crippen LogP contribution < -0.4 is 5.32 Å². The molecule has 2 fully saturated rings. The van der Waals surface area contributed by atoms with Gasteiger partial charge in [-0.3, -0.25) is 14.3 Å². The van der Waals surface area contributed by atoms with Crippen molar-refractivity contribution in [1.29, 1.82) is 0 Å². The van der Waals surface area contributed by atoms with Gasteiger partial charge in [0.25, 0.3) is 5.91 Å². The van der Waals surface area contributed by atoms with E-state index in [9.17, 15) is 9.59 Å². The number of aryl methyl sites for hydroxylation is 1. The number of carbonyl (C=O) groups excluding carboxylic acids is 2. The largest absolute Gasteiger partial charge is 0.353 e. The van der Waals surface area contributed by atoms with Gasteiger partial charge in [-0.05, 0) is 38.2 Å². The minimum Gasteiger partial charge on any atom is -0.353 e. The molecular weight excluding hydrogens is 268 g/mol. The van der Waals surface area contributed by atoms with Crippen molar-refractivity contribution in [3.8, 4) is 0 Å². The molecule has 0 bridgehead atoms. The lowest BCUT2D eigenvalue weighted by Gasteiger charge is -2.15. The summed E-state index contributed by atoms with van der Waals surface area (Å²) in [5.74, 6) is 0.389. The lowest BCUT2D eigenvalue weighted by Crippen LogP contribution is -2.31. The van der Waals surface area contributed by atoms with E-state index in [1.807, 2.05) is 18.0 Å². The van der Waals surface area contributed by atoms with Gasteiger partial charge in [0.05, 0.1) is 0 Å². The molecule has 1 saturated heterocycles. The lowest BCUT2D eigenvalue weighted by molar-refractivity contribution is -0.122. The Morgan fingerprint density at radius 1 is 1.38 bits per heavy atom. The van der Waals surface area contributed by atoms with Crippen LogP contribution in [0.3, 0.4) is 0 Å². The standard InChI is InChI=1S/C15H22N4O2/c1-2-19-8-6-13(17-19)15(21)18-7-5-11(10-18)9-14(20)16-12-3-4-12/h6,8,11-12H,2-5,7,9-10H2,1H3,(H,16,20). The molecule has 0 radical (unpaired) electrons. The van der Waals surface area contributed by atoms with Gasteiger partial charge >= 0.3 is 0 Å². The average Bonchev–Trinajstić information content (AvgIpc) is 2.99. The first-order chi connectivity index (χ1) is 10.2. The number of nitrogens with one attached hydrogen (secondary N) is 1. The van der Waals surface area contributed by atoms with Crippen molar-refractivity contribution in [2.75, 3.05) is 13.1 Å². The van der Waals surface area contributed by atoms with Crippen molar-refractivity contribution in [1.82, 2.24) is 20.0 Å². The summed E-state index contributed by atoms with van der Waals surface area (Å²) in [6.45, 7) is 4.14. The molecule has 1 aliphatic carbocycles. The highest BCUT2D eigenvalue weighted by Crippen LogP contribution is 2.23. The molecule has 2 aliphatic rings. The van der Waals surface area contributed by atoms with Crippen LogP contribution in [0.15, 0.2) is 12.3 Å². The predicted octanol–water partition coefficient (Wildman–Crippen LogP) is 1.03. The van der Waals surface area contributed by atoms with Crippen molar-refractivity contribution in [3.63, 3.8) is 0 Å². The highest BCUT2D eigenvalue weighted by atomic mass is 16.2. The minimum atomic E-state index is -0.0210. The smallest absolute Gasteiger partial charge is 0.274 e. The third-order valence-electron chi connectivity index (χ3n) is 4.17. The van der Waals surface area contributed by atoms with E-state index in [4.69, 9.17) is 0 Å². The average molecular weight is 290 g/mol. The summed E-state index contributed by atoms with van der Waals surface area (Å²) in [5.41, 5.74) is 0.500. The van der Waals surface area contributed by atoms with Gasteiger partial charge in [-0.25, -0.2) is 0 Å². The van der Waals surface area contributed by atoms with Gasteiger partial charge < -0.3 is 10.2 Å². The van der Waals surface area contributed by atoms with Gasteiger partial charge in [-0.1, -0.05) is 0 Å². The zero-order valence-electron chi connectivity index (χ0n) is 12.4. The predicted molar refractivity (Wildman–Crippen MR) is 77.7 cm³/mol. The number of hydrogen-bond acceptors (Lipinski definition) is 3. The molecule has 2 amide bonds. The minimum absolute atomic E-state index is 0.0210. The molecule has 3 rings (SSSR count). The van der Waals surface area contributed by atoms with Crippen LogP contribution >= 0.6 is 0 Å². The lowest BCUT2D eigenvalue weighted by atomic mass is 10.0. The Hall–Kier alpha value is -1.85. The van der Waals surface area contributed by atoms with Crippen LogP contribution in [0, 0.1) is 5.92 Å². The Bertz CT molecular complexity index is 536. The molecule has 1 N–H and O–H groups in total. The molecule has 21 heavy (non-hydrogen) atoms. The number of amides is 2. The normalized spacial score (nSPS) is 21.6. The molecule has 6 heteroatoms. The number of likely N-dealkylation sites (tertiary alicyclic amines) is 1. The molecule has 2 heterocycles. The Kier molecular flexibility index (Phi) is 3.94. The van der Waals surface area contributed by atoms with Crippen LogP contribution in [0.25, 0.3) is 0 Å². The SMILES string of the molecule is CCn1ccc(C(=O)N2CCC(CC(=O)NC3CC3)C2)n1. The summed E-state index contributed by atoms with van der Waals surface area (Å²) in [4.78, 5) is 26.0. The number of aromatic nitrogens is 2. The van der Waals surface area contributed by atoms with Crippen LogP contribution in [0.4, 0.5) is 0 Å². The molecule has 1 aromatic rings. The summed E-state index contributed by atoms with van der Waals surface area (Å²) in [7, 11) is 0. The molecule has 114 valence electrons. The molecular formula is C15H22N4O2. The molecule has 1 saturated carbocycles. The van der Waals surface area contributed by atoms with Crippen molar-refractivity contribution >= 4 is 11.8 Å². The topological polar surface area (TPSA) is 67.2 Å². The maximum absolute atomic E-state index is 12.3. The monoisotopic (exact) mass is 290 g/mol. The zero-order valence-corrected chi connectivity index (χ0v) is 12.4. The van der Waals surface area contributed by atoms with Gasteiger partial charge in [0.15, 0.2) is 0 Å². The Morgan fingerprint density at radius 2 is 2.19 bits per heavy atom. The van der Waals surface area contributed by atoms with Gasteiger partial charge in [-0.15, -0.1) is 0 Å². The fraction of sp³-hybridized carbons (Fsp3) is 0.667. The van der Waals surface area contributed by atoms with E-state index >= 15 is 0 Å². The first kappa shape index (κ1) is 14.1. The fourth-order valence-electron chi connectivity index (χ4n) is 2.77. The van der Waals surface area contributed by atoms with E-state index < -0.39 is 0 Å². The first-order valence-corrected chi connectivity index (χ1v) is 7.77. The van der Waals surface area contributed by atoms with E-state index in [2.05, 4.69) is 10.4 Å². The summed E-state index contributed by atoms with van der Waals surface area (Å²) in [5, 5.41) is 7.26. The van der Waals surface area contributed by atoms with Gasteiger partial charge in [-0.2, -0.15) is 5.10 Å². The zero-order chi connectivity index (χ0) is 14.8. The third kappa shape index (κ3) is 3.43. The Balaban J connectivity index is 1.51. The second kappa shape index (κ2) is 5.87. The quantitative estimate of drug-likeness (QED) is 0.881. The Labute approximate surface area is 124 Å². The summed E-state index contributed by atoms with van der Waals surface area (Å²) in [6.07, 6.45) is 5.48. The van der Waals surface area contributed by atoms with E-state index in [1.54, 1.807) is 10.7 Å². The molecule has 1 aliphatic heterocycles. The molecule has 1 aromatic heterocycles. The van der Waals surface area contributed by atoms with Crippen molar-refractivity contribution < 1.29 is 9.59 Å². The van der Waals surface area contributed by atoms with E-state index in [-0.39, 0.29) is 17.7 Å². The fourth-order valence-corrected chi connectivity index (χ4v) is 2.77.